The number of fused-ring (bicyclic) bond motifs is 1. The van der Waals surface area contributed by atoms with Crippen LogP contribution in [0.25, 0.3) is 0 Å². The summed E-state index contributed by atoms with van der Waals surface area (Å²) < 4.78 is 0. The second-order valence-corrected chi connectivity index (χ2v) is 7.04. The fraction of sp³-hybridized carbons (Fsp3) is 0.136. The molecule has 2 heterocycles. The van der Waals surface area contributed by atoms with Gasteiger partial charge in [-0.25, -0.2) is 0 Å². The van der Waals surface area contributed by atoms with Crippen LogP contribution in [0.4, 0.5) is 11.4 Å². The third-order valence-corrected chi connectivity index (χ3v) is 5.30. The van der Waals surface area contributed by atoms with E-state index in [1.165, 1.54) is 12.3 Å². The molecule has 0 saturated carbocycles. The topological polar surface area (TPSA) is 62.3 Å². The number of pyridine rings is 1. The van der Waals surface area contributed by atoms with Crippen LogP contribution in [0.15, 0.2) is 60.8 Å². The molecule has 3 aromatic rings. The van der Waals surface area contributed by atoms with Gasteiger partial charge < -0.3 is 10.2 Å². The molecule has 6 heteroatoms. The number of para-hydroxylation sites is 1. The molecule has 0 saturated heterocycles. The lowest BCUT2D eigenvalue weighted by atomic mass is 10.1. The summed E-state index contributed by atoms with van der Waals surface area (Å²) in [5.74, 6) is -0.526. The number of rotatable bonds is 3. The molecule has 0 spiro atoms. The predicted molar refractivity (Wildman–Crippen MR) is 110 cm³/mol. The van der Waals surface area contributed by atoms with Crippen molar-refractivity contribution >= 4 is 34.8 Å². The number of aromatic nitrogens is 1. The van der Waals surface area contributed by atoms with E-state index in [1.54, 1.807) is 29.2 Å². The van der Waals surface area contributed by atoms with Gasteiger partial charge in [0.2, 0.25) is 0 Å². The number of carbonyl (C=O) groups excluding carboxylic acids is 2. The second-order valence-electron chi connectivity index (χ2n) is 6.63. The number of anilines is 2. The van der Waals surface area contributed by atoms with Gasteiger partial charge in [0.15, 0.2) is 0 Å². The van der Waals surface area contributed by atoms with Crippen LogP contribution < -0.4 is 10.2 Å². The van der Waals surface area contributed by atoms with Gasteiger partial charge in [0.05, 0.1) is 0 Å². The Hall–Kier alpha value is -3.18. The number of benzene rings is 2. The van der Waals surface area contributed by atoms with Gasteiger partial charge in [-0.15, -0.1) is 0 Å². The molecule has 0 bridgehead atoms. The summed E-state index contributed by atoms with van der Waals surface area (Å²) in [4.78, 5) is 31.5. The van der Waals surface area contributed by atoms with E-state index >= 15 is 0 Å². The zero-order chi connectivity index (χ0) is 19.7. The zero-order valence-corrected chi connectivity index (χ0v) is 16.0. The Morgan fingerprint density at radius 3 is 2.79 bits per heavy atom. The lowest BCUT2D eigenvalue weighted by molar-refractivity contribution is 0.0984. The second kappa shape index (κ2) is 7.44. The Kier molecular flexibility index (Phi) is 4.84. The molecule has 2 aromatic carbocycles. The fourth-order valence-corrected chi connectivity index (χ4v) is 3.49. The van der Waals surface area contributed by atoms with Gasteiger partial charge in [-0.2, -0.15) is 0 Å². The predicted octanol–water partition coefficient (Wildman–Crippen LogP) is 4.50. The van der Waals surface area contributed by atoms with Gasteiger partial charge in [0.25, 0.3) is 11.8 Å². The Balaban J connectivity index is 1.57. The lowest BCUT2D eigenvalue weighted by Crippen LogP contribution is -2.30. The van der Waals surface area contributed by atoms with Gasteiger partial charge in [-0.1, -0.05) is 35.9 Å². The van der Waals surface area contributed by atoms with Crippen molar-refractivity contribution in [2.45, 2.75) is 13.3 Å². The van der Waals surface area contributed by atoms with Crippen LogP contribution in [0.1, 0.15) is 32.0 Å². The molecule has 140 valence electrons. The highest BCUT2D eigenvalue weighted by Crippen LogP contribution is 2.29. The monoisotopic (exact) mass is 391 g/mol. The smallest absolute Gasteiger partial charge is 0.276 e. The third-order valence-electron chi connectivity index (χ3n) is 4.89. The number of carbonyl (C=O) groups is 2. The van der Waals surface area contributed by atoms with Crippen LogP contribution in [0.5, 0.6) is 0 Å². The van der Waals surface area contributed by atoms with Gasteiger partial charge in [-0.3, -0.25) is 14.6 Å². The van der Waals surface area contributed by atoms with E-state index in [-0.39, 0.29) is 17.5 Å². The number of nitrogens with one attached hydrogen (secondary N) is 1. The molecule has 1 N–H and O–H groups in total. The van der Waals surface area contributed by atoms with Crippen LogP contribution in [0, 0.1) is 6.92 Å². The normalized spacial score (nSPS) is 12.6. The largest absolute Gasteiger partial charge is 0.322 e. The first-order valence-electron chi connectivity index (χ1n) is 8.97. The average molecular weight is 392 g/mol. The number of hydrogen-bond donors (Lipinski definition) is 1. The molecule has 1 aliphatic rings. The van der Waals surface area contributed by atoms with Crippen molar-refractivity contribution in [3.05, 3.63) is 88.2 Å². The molecule has 0 aliphatic carbocycles. The van der Waals surface area contributed by atoms with Crippen molar-refractivity contribution in [2.75, 3.05) is 16.8 Å². The molecular formula is C22H18ClN3O2. The van der Waals surface area contributed by atoms with E-state index < -0.39 is 0 Å². The molecule has 1 aliphatic heterocycles. The molecule has 1 aromatic heterocycles. The minimum atomic E-state index is -0.316. The Labute approximate surface area is 168 Å². The maximum atomic E-state index is 13.0. The lowest BCUT2D eigenvalue weighted by Gasteiger charge is -2.17. The van der Waals surface area contributed by atoms with Crippen molar-refractivity contribution in [3.8, 4) is 0 Å². The molecule has 0 unspecified atom stereocenters. The van der Waals surface area contributed by atoms with Crippen LogP contribution >= 0.6 is 11.6 Å². The van der Waals surface area contributed by atoms with Gasteiger partial charge in [0, 0.05) is 34.7 Å². The molecule has 28 heavy (non-hydrogen) atoms. The summed E-state index contributed by atoms with van der Waals surface area (Å²) in [6, 6.07) is 16.3. The van der Waals surface area contributed by atoms with Gasteiger partial charge in [0.1, 0.15) is 5.69 Å². The van der Waals surface area contributed by atoms with Crippen molar-refractivity contribution in [1.29, 1.82) is 0 Å². The molecule has 2 amide bonds. The summed E-state index contributed by atoms with van der Waals surface area (Å²) >= 11 is 6.11. The van der Waals surface area contributed by atoms with Crippen LogP contribution in [-0.2, 0) is 6.42 Å². The first kappa shape index (κ1) is 18.2. The van der Waals surface area contributed by atoms with Crippen LogP contribution in [0.3, 0.4) is 0 Å². The standard InChI is InChI=1S/C22H18ClN3O2/c1-14-17(23)6-4-7-18(14)25-21(27)16-9-11-24-19(13-16)22(28)26-12-10-15-5-2-3-8-20(15)26/h2-9,11,13H,10,12H2,1H3,(H,25,27). The minimum absolute atomic E-state index is 0.210. The fourth-order valence-electron chi connectivity index (χ4n) is 3.31. The number of hydrogen-bond acceptors (Lipinski definition) is 3. The summed E-state index contributed by atoms with van der Waals surface area (Å²) in [7, 11) is 0. The van der Waals surface area contributed by atoms with Gasteiger partial charge >= 0.3 is 0 Å². The highest BCUT2D eigenvalue weighted by Gasteiger charge is 2.26. The van der Waals surface area contributed by atoms with Crippen LogP contribution in [0.2, 0.25) is 5.02 Å². The maximum absolute atomic E-state index is 13.0. The Bertz CT molecular complexity index is 1080. The summed E-state index contributed by atoms with van der Waals surface area (Å²) in [6.45, 7) is 2.45. The first-order chi connectivity index (χ1) is 13.5. The number of nitrogens with zero attached hydrogens (tertiary/aromatic N) is 2. The van der Waals surface area contributed by atoms with E-state index in [1.807, 2.05) is 31.2 Å². The average Bonchev–Trinajstić information content (AvgIpc) is 3.15. The minimum Gasteiger partial charge on any atom is -0.322 e. The zero-order valence-electron chi connectivity index (χ0n) is 15.3. The number of amides is 2. The first-order valence-corrected chi connectivity index (χ1v) is 9.34. The summed E-state index contributed by atoms with van der Waals surface area (Å²) in [6.07, 6.45) is 2.30. The van der Waals surface area contributed by atoms with E-state index in [4.69, 9.17) is 11.6 Å². The van der Waals surface area contributed by atoms with E-state index in [9.17, 15) is 9.59 Å². The van der Waals surface area contributed by atoms with Crippen molar-refractivity contribution in [1.82, 2.24) is 4.98 Å². The molecule has 5 nitrogen and oxygen atoms in total. The van der Waals surface area contributed by atoms with Gasteiger partial charge in [-0.05, 0) is 54.8 Å². The maximum Gasteiger partial charge on any atom is 0.276 e. The Morgan fingerprint density at radius 1 is 1.11 bits per heavy atom. The highest BCUT2D eigenvalue weighted by atomic mass is 35.5. The molecule has 0 fully saturated rings. The van der Waals surface area contributed by atoms with Crippen molar-refractivity contribution in [3.63, 3.8) is 0 Å². The van der Waals surface area contributed by atoms with Crippen LogP contribution in [-0.4, -0.2) is 23.3 Å². The molecular weight excluding hydrogens is 374 g/mol. The van der Waals surface area contributed by atoms with Crippen molar-refractivity contribution < 1.29 is 9.59 Å². The third kappa shape index (κ3) is 3.37. The van der Waals surface area contributed by atoms with E-state index in [2.05, 4.69) is 10.3 Å². The number of halogens is 1. The highest BCUT2D eigenvalue weighted by molar-refractivity contribution is 6.31. The van der Waals surface area contributed by atoms with E-state index in [0.717, 1.165) is 23.2 Å². The van der Waals surface area contributed by atoms with Crippen molar-refractivity contribution in [2.24, 2.45) is 0 Å². The molecule has 0 radical (unpaired) electrons. The van der Waals surface area contributed by atoms with E-state index in [0.29, 0.717) is 22.8 Å². The molecule has 0 atom stereocenters. The Morgan fingerprint density at radius 2 is 1.93 bits per heavy atom. The quantitative estimate of drug-likeness (QED) is 0.715. The molecule has 4 rings (SSSR count). The SMILES string of the molecule is Cc1c(Cl)cccc1NC(=O)c1ccnc(C(=O)N2CCc3ccccc32)c1. The summed E-state index contributed by atoms with van der Waals surface area (Å²) in [5, 5.41) is 3.42. The summed E-state index contributed by atoms with van der Waals surface area (Å²) in [5.41, 5.74) is 4.07.